The molecule has 26 heavy (non-hydrogen) atoms. The van der Waals surface area contributed by atoms with Crippen LogP contribution in [0.2, 0.25) is 0 Å². The number of nitrogens with zero attached hydrogens (tertiary/aromatic N) is 2. The van der Waals surface area contributed by atoms with Crippen LogP contribution in [0.1, 0.15) is 20.8 Å². The van der Waals surface area contributed by atoms with Crippen LogP contribution in [0.25, 0.3) is 0 Å². The number of halogens is 1. The largest absolute Gasteiger partial charge is 0.444 e. The monoisotopic (exact) mass is 505 g/mol. The highest BCUT2D eigenvalue weighted by atomic mass is 127. The van der Waals surface area contributed by atoms with Crippen LogP contribution in [0, 0.1) is 0 Å². The van der Waals surface area contributed by atoms with E-state index in [9.17, 15) is 13.2 Å². The van der Waals surface area contributed by atoms with Crippen LogP contribution in [0.4, 0.5) is 4.79 Å². The Balaban J connectivity index is 0.00000625. The van der Waals surface area contributed by atoms with Crippen LogP contribution < -0.4 is 16.0 Å². The Morgan fingerprint density at radius 1 is 1.08 bits per heavy atom. The van der Waals surface area contributed by atoms with Crippen molar-refractivity contribution in [2.24, 2.45) is 4.99 Å². The Bertz CT molecular complexity index is 549. The summed E-state index contributed by atoms with van der Waals surface area (Å²) in [6.45, 7) is 8.95. The number of guanidine groups is 1. The van der Waals surface area contributed by atoms with E-state index in [1.54, 1.807) is 7.05 Å². The molecule has 0 radical (unpaired) electrons. The number of carbonyl (C=O) groups excluding carboxylic acids is 1. The zero-order valence-electron chi connectivity index (χ0n) is 16.0. The van der Waals surface area contributed by atoms with Crippen LogP contribution in [-0.2, 0) is 14.6 Å². The van der Waals surface area contributed by atoms with Gasteiger partial charge in [0.25, 0.3) is 0 Å². The number of sulfone groups is 1. The molecule has 3 N–H and O–H groups in total. The first-order valence-corrected chi connectivity index (χ1v) is 10.3. The first-order chi connectivity index (χ1) is 11.6. The van der Waals surface area contributed by atoms with E-state index in [2.05, 4.69) is 25.8 Å². The highest BCUT2D eigenvalue weighted by molar-refractivity contribution is 14.0. The third kappa shape index (κ3) is 11.7. The molecule has 0 aromatic carbocycles. The Kier molecular flexibility index (Phi) is 11.4. The third-order valence-corrected chi connectivity index (χ3v) is 5.08. The fourth-order valence-corrected chi connectivity index (χ4v) is 3.46. The third-order valence-electron chi connectivity index (χ3n) is 3.47. The SMILES string of the molecule is CN=C(NCCNC(=O)OC(C)(C)C)NCCN1CCS(=O)(=O)CC1.I. The molecular weight excluding hydrogens is 473 g/mol. The lowest BCUT2D eigenvalue weighted by molar-refractivity contribution is 0.0529. The summed E-state index contributed by atoms with van der Waals surface area (Å²) in [6.07, 6.45) is -0.447. The minimum atomic E-state index is -2.84. The first-order valence-electron chi connectivity index (χ1n) is 8.45. The van der Waals surface area contributed by atoms with E-state index in [1.165, 1.54) is 0 Å². The molecule has 1 rings (SSSR count). The topological polar surface area (TPSA) is 112 Å². The van der Waals surface area contributed by atoms with Gasteiger partial charge in [-0.25, -0.2) is 13.2 Å². The molecule has 154 valence electrons. The van der Waals surface area contributed by atoms with Crippen molar-refractivity contribution in [1.82, 2.24) is 20.9 Å². The summed E-state index contributed by atoms with van der Waals surface area (Å²) in [5, 5.41) is 8.92. The van der Waals surface area contributed by atoms with Crippen molar-refractivity contribution in [1.29, 1.82) is 0 Å². The standard InChI is InChI=1S/C15H31N5O4S.HI/c1-15(2,3)24-14(21)19-6-5-17-13(16-4)18-7-8-20-9-11-25(22,23)12-10-20;/h5-12H2,1-4H3,(H,19,21)(H2,16,17,18);1H. The molecule has 1 heterocycles. The molecule has 1 aliphatic heterocycles. The summed E-state index contributed by atoms with van der Waals surface area (Å²) >= 11 is 0. The molecule has 1 amide bonds. The van der Waals surface area contributed by atoms with Gasteiger partial charge >= 0.3 is 6.09 Å². The molecule has 0 aliphatic carbocycles. The molecule has 1 aliphatic rings. The molecule has 0 aromatic heterocycles. The van der Waals surface area contributed by atoms with Gasteiger partial charge in [0.15, 0.2) is 15.8 Å². The molecule has 0 spiro atoms. The zero-order valence-corrected chi connectivity index (χ0v) is 19.1. The molecule has 0 saturated carbocycles. The van der Waals surface area contributed by atoms with Gasteiger partial charge < -0.3 is 20.7 Å². The van der Waals surface area contributed by atoms with Crippen molar-refractivity contribution < 1.29 is 17.9 Å². The second kappa shape index (κ2) is 11.8. The summed E-state index contributed by atoms with van der Waals surface area (Å²) in [6, 6.07) is 0. The lowest BCUT2D eigenvalue weighted by Gasteiger charge is -2.26. The average Bonchev–Trinajstić information content (AvgIpc) is 2.49. The van der Waals surface area contributed by atoms with Crippen molar-refractivity contribution in [2.75, 3.05) is 57.8 Å². The van der Waals surface area contributed by atoms with Gasteiger partial charge in [-0.1, -0.05) is 0 Å². The van der Waals surface area contributed by atoms with E-state index in [1.807, 2.05) is 20.8 Å². The van der Waals surface area contributed by atoms with E-state index in [4.69, 9.17) is 4.74 Å². The first kappa shape index (κ1) is 25.2. The Morgan fingerprint density at radius 3 is 2.15 bits per heavy atom. The van der Waals surface area contributed by atoms with Crippen molar-refractivity contribution in [3.05, 3.63) is 0 Å². The Morgan fingerprint density at radius 2 is 1.62 bits per heavy atom. The summed E-state index contributed by atoms with van der Waals surface area (Å²) < 4.78 is 27.9. The number of amides is 1. The van der Waals surface area contributed by atoms with Gasteiger partial charge in [0.1, 0.15) is 5.60 Å². The zero-order chi connectivity index (χ0) is 18.9. The van der Waals surface area contributed by atoms with Crippen LogP contribution >= 0.6 is 24.0 Å². The van der Waals surface area contributed by atoms with Gasteiger partial charge in [0, 0.05) is 46.3 Å². The summed E-state index contributed by atoms with van der Waals surface area (Å²) in [5.74, 6) is 1.10. The lowest BCUT2D eigenvalue weighted by atomic mass is 10.2. The summed E-state index contributed by atoms with van der Waals surface area (Å²) in [4.78, 5) is 17.7. The van der Waals surface area contributed by atoms with Gasteiger partial charge in [-0.15, -0.1) is 24.0 Å². The number of rotatable bonds is 6. The second-order valence-electron chi connectivity index (χ2n) is 6.85. The van der Waals surface area contributed by atoms with Gasteiger partial charge in [0.2, 0.25) is 0 Å². The highest BCUT2D eigenvalue weighted by Gasteiger charge is 2.21. The summed E-state index contributed by atoms with van der Waals surface area (Å²) in [5.41, 5.74) is -0.511. The quantitative estimate of drug-likeness (QED) is 0.202. The van der Waals surface area contributed by atoms with Gasteiger partial charge in [-0.2, -0.15) is 0 Å². The number of ether oxygens (including phenoxy) is 1. The van der Waals surface area contributed by atoms with E-state index in [0.29, 0.717) is 38.7 Å². The van der Waals surface area contributed by atoms with Crippen molar-refractivity contribution in [3.63, 3.8) is 0 Å². The minimum absolute atomic E-state index is 0. The van der Waals surface area contributed by atoms with Crippen LogP contribution in [-0.4, -0.2) is 88.8 Å². The number of carbonyl (C=O) groups is 1. The van der Waals surface area contributed by atoms with E-state index in [-0.39, 0.29) is 35.5 Å². The molecular formula is C15H32IN5O4S. The minimum Gasteiger partial charge on any atom is -0.444 e. The Labute approximate surface area is 173 Å². The molecule has 1 saturated heterocycles. The maximum atomic E-state index is 11.5. The van der Waals surface area contributed by atoms with Crippen LogP contribution in [0.15, 0.2) is 4.99 Å². The maximum Gasteiger partial charge on any atom is 0.407 e. The fraction of sp³-hybridized carbons (Fsp3) is 0.867. The molecule has 0 aromatic rings. The average molecular weight is 505 g/mol. The van der Waals surface area contributed by atoms with Crippen molar-refractivity contribution in [3.8, 4) is 0 Å². The number of alkyl carbamates (subject to hydrolysis) is 1. The second-order valence-corrected chi connectivity index (χ2v) is 9.15. The van der Waals surface area contributed by atoms with E-state index < -0.39 is 21.5 Å². The predicted octanol–water partition coefficient (Wildman–Crippen LogP) is 0.0245. The van der Waals surface area contributed by atoms with Gasteiger partial charge in [-0.3, -0.25) is 9.89 Å². The molecule has 0 atom stereocenters. The maximum absolute atomic E-state index is 11.5. The molecule has 11 heteroatoms. The summed E-state index contributed by atoms with van der Waals surface area (Å²) in [7, 11) is -1.17. The highest BCUT2D eigenvalue weighted by Crippen LogP contribution is 2.06. The molecule has 0 unspecified atom stereocenters. The number of aliphatic imine (C=N–C) groups is 1. The number of hydrogen-bond acceptors (Lipinski definition) is 6. The van der Waals surface area contributed by atoms with Crippen LogP contribution in [0.5, 0.6) is 0 Å². The smallest absolute Gasteiger partial charge is 0.407 e. The van der Waals surface area contributed by atoms with Crippen molar-refractivity contribution >= 4 is 45.9 Å². The van der Waals surface area contributed by atoms with Crippen molar-refractivity contribution in [2.45, 2.75) is 26.4 Å². The van der Waals surface area contributed by atoms with Gasteiger partial charge in [0.05, 0.1) is 11.5 Å². The van der Waals surface area contributed by atoms with Gasteiger partial charge in [-0.05, 0) is 20.8 Å². The number of nitrogens with one attached hydrogen (secondary N) is 3. The number of hydrogen-bond donors (Lipinski definition) is 3. The Hall–Kier alpha value is -0.820. The van der Waals surface area contributed by atoms with E-state index >= 15 is 0 Å². The normalized spacial score (nSPS) is 17.8. The molecule has 9 nitrogen and oxygen atoms in total. The predicted molar refractivity (Wildman–Crippen MR) is 114 cm³/mol. The fourth-order valence-electron chi connectivity index (χ4n) is 2.19. The van der Waals surface area contributed by atoms with E-state index in [0.717, 1.165) is 6.54 Å². The van der Waals surface area contributed by atoms with Crippen LogP contribution in [0.3, 0.4) is 0 Å². The molecule has 1 fully saturated rings. The molecule has 0 bridgehead atoms. The lowest BCUT2D eigenvalue weighted by Crippen LogP contribution is -2.47.